The molecule has 0 radical (unpaired) electrons. The first-order chi connectivity index (χ1) is 9.92. The largest absolute Gasteiger partial charge is 0.369 e. The van der Waals surface area contributed by atoms with Gasteiger partial charge in [0.1, 0.15) is 5.69 Å². The van der Waals surface area contributed by atoms with Crippen molar-refractivity contribution in [3.63, 3.8) is 0 Å². The highest BCUT2D eigenvalue weighted by Crippen LogP contribution is 2.21. The molecule has 2 rings (SSSR count). The predicted molar refractivity (Wildman–Crippen MR) is 80.9 cm³/mol. The van der Waals surface area contributed by atoms with Gasteiger partial charge in [-0.1, -0.05) is 0 Å². The lowest BCUT2D eigenvalue weighted by Crippen LogP contribution is -2.43. The molecular weight excluding hydrogens is 268 g/mol. The molecule has 0 spiro atoms. The van der Waals surface area contributed by atoms with E-state index in [2.05, 4.69) is 10.6 Å². The van der Waals surface area contributed by atoms with Gasteiger partial charge in [0.05, 0.1) is 5.41 Å². The number of aromatic nitrogens is 1. The van der Waals surface area contributed by atoms with Gasteiger partial charge in [0.25, 0.3) is 5.91 Å². The molecule has 1 aromatic heterocycles. The summed E-state index contributed by atoms with van der Waals surface area (Å²) >= 11 is 0. The third-order valence-electron chi connectivity index (χ3n) is 4.07. The molecular formula is C15H24N4O2. The molecule has 2 heterocycles. The van der Waals surface area contributed by atoms with Crippen LogP contribution in [0.2, 0.25) is 0 Å². The maximum atomic E-state index is 12.3. The SMILES string of the molecule is CC(C)(CNC(=O)c1cccn1C1CCNCC1)C(N)=O. The third-order valence-corrected chi connectivity index (χ3v) is 4.07. The van der Waals surface area contributed by atoms with Gasteiger partial charge >= 0.3 is 0 Å². The second-order valence-electron chi connectivity index (χ2n) is 6.21. The third kappa shape index (κ3) is 3.64. The van der Waals surface area contributed by atoms with E-state index in [0.29, 0.717) is 11.7 Å². The second-order valence-corrected chi connectivity index (χ2v) is 6.21. The smallest absolute Gasteiger partial charge is 0.267 e. The molecule has 0 aliphatic carbocycles. The minimum absolute atomic E-state index is 0.159. The fourth-order valence-corrected chi connectivity index (χ4v) is 2.47. The monoisotopic (exact) mass is 292 g/mol. The summed E-state index contributed by atoms with van der Waals surface area (Å²) in [6, 6.07) is 4.05. The number of hydrogen-bond acceptors (Lipinski definition) is 3. The summed E-state index contributed by atoms with van der Waals surface area (Å²) in [5, 5.41) is 6.13. The Hall–Kier alpha value is -1.82. The van der Waals surface area contributed by atoms with Gasteiger partial charge in [0.2, 0.25) is 5.91 Å². The maximum absolute atomic E-state index is 12.3. The first kappa shape index (κ1) is 15.6. The van der Waals surface area contributed by atoms with Crippen molar-refractivity contribution in [1.82, 2.24) is 15.2 Å². The summed E-state index contributed by atoms with van der Waals surface area (Å²) in [5.74, 6) is -0.579. The molecule has 6 nitrogen and oxygen atoms in total. The van der Waals surface area contributed by atoms with Crippen LogP contribution in [-0.2, 0) is 4.79 Å². The van der Waals surface area contributed by atoms with E-state index in [9.17, 15) is 9.59 Å². The van der Waals surface area contributed by atoms with Gasteiger partial charge in [-0.05, 0) is 51.9 Å². The molecule has 4 N–H and O–H groups in total. The molecule has 116 valence electrons. The number of carbonyl (C=O) groups excluding carboxylic acids is 2. The summed E-state index contributed by atoms with van der Waals surface area (Å²) in [7, 11) is 0. The average Bonchev–Trinajstić information content (AvgIpc) is 2.95. The summed E-state index contributed by atoms with van der Waals surface area (Å²) in [6.07, 6.45) is 3.98. The van der Waals surface area contributed by atoms with Crippen LogP contribution in [0.15, 0.2) is 18.3 Å². The van der Waals surface area contributed by atoms with Crippen LogP contribution in [0.1, 0.15) is 43.2 Å². The summed E-state index contributed by atoms with van der Waals surface area (Å²) in [5.41, 5.74) is 5.21. The molecule has 1 fully saturated rings. The van der Waals surface area contributed by atoms with Crippen LogP contribution in [0.5, 0.6) is 0 Å². The Morgan fingerprint density at radius 3 is 2.71 bits per heavy atom. The van der Waals surface area contributed by atoms with Gasteiger partial charge in [-0.3, -0.25) is 9.59 Å². The minimum Gasteiger partial charge on any atom is -0.369 e. The van der Waals surface area contributed by atoms with Crippen LogP contribution in [0, 0.1) is 5.41 Å². The van der Waals surface area contributed by atoms with Gasteiger partial charge in [-0.15, -0.1) is 0 Å². The number of nitrogens with two attached hydrogens (primary N) is 1. The van der Waals surface area contributed by atoms with Gasteiger partial charge in [0, 0.05) is 18.8 Å². The Kier molecular flexibility index (Phi) is 4.67. The number of rotatable bonds is 5. The van der Waals surface area contributed by atoms with E-state index in [1.54, 1.807) is 13.8 Å². The zero-order valence-electron chi connectivity index (χ0n) is 12.7. The van der Waals surface area contributed by atoms with Gasteiger partial charge in [-0.25, -0.2) is 0 Å². The van der Waals surface area contributed by atoms with Crippen molar-refractivity contribution < 1.29 is 9.59 Å². The van der Waals surface area contributed by atoms with E-state index >= 15 is 0 Å². The first-order valence-electron chi connectivity index (χ1n) is 7.37. The van der Waals surface area contributed by atoms with Gasteiger partial charge in [0.15, 0.2) is 0 Å². The van der Waals surface area contributed by atoms with Crippen LogP contribution in [0.3, 0.4) is 0 Å². The lowest BCUT2D eigenvalue weighted by Gasteiger charge is -2.26. The highest BCUT2D eigenvalue weighted by molar-refractivity contribution is 5.93. The fourth-order valence-electron chi connectivity index (χ4n) is 2.47. The zero-order valence-corrected chi connectivity index (χ0v) is 12.7. The number of nitrogens with zero attached hydrogens (tertiary/aromatic N) is 1. The van der Waals surface area contributed by atoms with Crippen LogP contribution in [-0.4, -0.2) is 36.0 Å². The lowest BCUT2D eigenvalue weighted by molar-refractivity contribution is -0.125. The van der Waals surface area contributed by atoms with E-state index < -0.39 is 11.3 Å². The second kappa shape index (κ2) is 6.30. The van der Waals surface area contributed by atoms with Crippen molar-refractivity contribution in [2.24, 2.45) is 11.1 Å². The van der Waals surface area contributed by atoms with Crippen LogP contribution in [0.25, 0.3) is 0 Å². The topological polar surface area (TPSA) is 89.2 Å². The molecule has 0 atom stereocenters. The Morgan fingerprint density at radius 2 is 2.10 bits per heavy atom. The fraction of sp³-hybridized carbons (Fsp3) is 0.600. The molecule has 0 bridgehead atoms. The normalized spacial score (nSPS) is 16.7. The first-order valence-corrected chi connectivity index (χ1v) is 7.37. The van der Waals surface area contributed by atoms with Crippen LogP contribution >= 0.6 is 0 Å². The summed E-state index contributed by atoms with van der Waals surface area (Å²) in [4.78, 5) is 23.6. The predicted octanol–water partition coefficient (Wildman–Crippen LogP) is 0.654. The standard InChI is InChI=1S/C15H24N4O2/c1-15(2,14(16)21)10-18-13(20)12-4-3-9-19(12)11-5-7-17-8-6-11/h3-4,9,11,17H,5-8,10H2,1-2H3,(H2,16,21)(H,18,20). The van der Waals surface area contributed by atoms with E-state index in [4.69, 9.17) is 5.73 Å². The average molecular weight is 292 g/mol. The number of carbonyl (C=O) groups is 2. The Balaban J connectivity index is 2.03. The number of primary amides is 1. The Labute approximate surface area is 125 Å². The van der Waals surface area contributed by atoms with Gasteiger partial charge < -0.3 is 20.9 Å². The highest BCUT2D eigenvalue weighted by atomic mass is 16.2. The number of amides is 2. The molecule has 0 unspecified atom stereocenters. The number of piperidine rings is 1. The van der Waals surface area contributed by atoms with Crippen LogP contribution in [0.4, 0.5) is 0 Å². The minimum atomic E-state index is -0.748. The van der Waals surface area contributed by atoms with Crippen molar-refractivity contribution in [2.45, 2.75) is 32.7 Å². The quantitative estimate of drug-likeness (QED) is 0.744. The van der Waals surface area contributed by atoms with Crippen molar-refractivity contribution >= 4 is 11.8 Å². The van der Waals surface area contributed by atoms with E-state index in [-0.39, 0.29) is 12.5 Å². The summed E-state index contributed by atoms with van der Waals surface area (Å²) < 4.78 is 2.04. The van der Waals surface area contributed by atoms with E-state index in [0.717, 1.165) is 25.9 Å². The number of hydrogen-bond donors (Lipinski definition) is 3. The molecule has 1 aromatic rings. The zero-order chi connectivity index (χ0) is 15.5. The molecule has 1 aliphatic heterocycles. The molecule has 0 saturated carbocycles. The molecule has 0 aromatic carbocycles. The van der Waals surface area contributed by atoms with E-state index in [1.165, 1.54) is 0 Å². The molecule has 1 aliphatic rings. The van der Waals surface area contributed by atoms with Crippen molar-refractivity contribution in [3.8, 4) is 0 Å². The molecule has 2 amide bonds. The van der Waals surface area contributed by atoms with Gasteiger partial charge in [-0.2, -0.15) is 0 Å². The number of nitrogens with one attached hydrogen (secondary N) is 2. The lowest BCUT2D eigenvalue weighted by atomic mass is 9.93. The molecule has 1 saturated heterocycles. The van der Waals surface area contributed by atoms with Crippen molar-refractivity contribution in [1.29, 1.82) is 0 Å². The van der Waals surface area contributed by atoms with E-state index in [1.807, 2.05) is 22.9 Å². The maximum Gasteiger partial charge on any atom is 0.267 e. The summed E-state index contributed by atoms with van der Waals surface area (Å²) in [6.45, 7) is 5.62. The van der Waals surface area contributed by atoms with Crippen molar-refractivity contribution in [3.05, 3.63) is 24.0 Å². The Bertz CT molecular complexity index is 515. The molecule has 6 heteroatoms. The molecule has 21 heavy (non-hydrogen) atoms. The Morgan fingerprint density at radius 1 is 1.43 bits per heavy atom. The highest BCUT2D eigenvalue weighted by Gasteiger charge is 2.26. The van der Waals surface area contributed by atoms with Crippen molar-refractivity contribution in [2.75, 3.05) is 19.6 Å². The van der Waals surface area contributed by atoms with Crippen LogP contribution < -0.4 is 16.4 Å².